The lowest BCUT2D eigenvalue weighted by atomic mass is 10.1. The quantitative estimate of drug-likeness (QED) is 0.472. The van der Waals surface area contributed by atoms with Crippen LogP contribution in [0.1, 0.15) is 34.6 Å². The molecular formula is C16H24ClN5O4. The Kier molecular flexibility index (Phi) is 5.50. The van der Waals surface area contributed by atoms with Gasteiger partial charge in [0.1, 0.15) is 16.4 Å². The molecule has 1 aromatic heterocycles. The van der Waals surface area contributed by atoms with Crippen LogP contribution in [-0.2, 0) is 4.74 Å². The number of carbonyl (C=O) groups is 1. The molecule has 1 aliphatic heterocycles. The Morgan fingerprint density at radius 1 is 1.38 bits per heavy atom. The summed E-state index contributed by atoms with van der Waals surface area (Å²) in [5.74, 6) is -0.230. The Hall–Kier alpha value is -2.29. The summed E-state index contributed by atoms with van der Waals surface area (Å²) in [6.45, 7) is 9.88. The number of aromatic nitrogens is 1. The fourth-order valence-electron chi connectivity index (χ4n) is 2.96. The van der Waals surface area contributed by atoms with Crippen molar-refractivity contribution in [3.8, 4) is 0 Å². The summed E-state index contributed by atoms with van der Waals surface area (Å²) in [5, 5.41) is 11.5. The normalized spacial score (nSPS) is 20.8. The van der Waals surface area contributed by atoms with Crippen molar-refractivity contribution in [3.05, 3.63) is 21.3 Å². The topological polar surface area (TPSA) is 115 Å². The van der Waals surface area contributed by atoms with Crippen molar-refractivity contribution in [2.45, 2.75) is 52.3 Å². The first kappa shape index (κ1) is 20.0. The Morgan fingerprint density at radius 2 is 2.00 bits per heavy atom. The molecule has 9 nitrogen and oxygen atoms in total. The maximum atomic E-state index is 12.4. The Balaban J connectivity index is 2.31. The minimum Gasteiger partial charge on any atom is -0.444 e. The molecule has 2 atom stereocenters. The summed E-state index contributed by atoms with van der Waals surface area (Å²) in [4.78, 5) is 30.5. The molecule has 26 heavy (non-hydrogen) atoms. The van der Waals surface area contributed by atoms with Crippen molar-refractivity contribution in [1.82, 2.24) is 9.88 Å². The van der Waals surface area contributed by atoms with Crippen LogP contribution in [0.4, 0.5) is 22.0 Å². The number of amides is 1. The van der Waals surface area contributed by atoms with E-state index >= 15 is 0 Å². The SMILES string of the molecule is C[C@@H]1CN(c2cc(Cl)nc(N)c2[N+](=O)[O-])[C@@H](C)CN1C(=O)OC(C)(C)C. The second kappa shape index (κ2) is 7.14. The number of nitro groups is 1. The van der Waals surface area contributed by atoms with Gasteiger partial charge in [0.05, 0.1) is 4.92 Å². The van der Waals surface area contributed by atoms with Gasteiger partial charge in [-0.2, -0.15) is 0 Å². The third-order valence-corrected chi connectivity index (χ3v) is 4.27. The average molecular weight is 386 g/mol. The molecule has 0 radical (unpaired) electrons. The Morgan fingerprint density at radius 3 is 2.54 bits per heavy atom. The van der Waals surface area contributed by atoms with Crippen LogP contribution >= 0.6 is 11.6 Å². The number of nitrogens with two attached hydrogens (primary N) is 1. The number of piperazine rings is 1. The number of rotatable bonds is 2. The molecule has 1 saturated heterocycles. The fraction of sp³-hybridized carbons (Fsp3) is 0.625. The average Bonchev–Trinajstić information content (AvgIpc) is 2.45. The third kappa shape index (κ3) is 4.27. The highest BCUT2D eigenvalue weighted by molar-refractivity contribution is 6.30. The van der Waals surface area contributed by atoms with Crippen molar-refractivity contribution in [3.63, 3.8) is 0 Å². The molecule has 1 amide bonds. The molecule has 0 aromatic carbocycles. The Labute approximate surface area is 157 Å². The van der Waals surface area contributed by atoms with Gasteiger partial charge in [0.25, 0.3) is 0 Å². The summed E-state index contributed by atoms with van der Waals surface area (Å²) < 4.78 is 5.45. The molecule has 2 N–H and O–H groups in total. The first-order valence-corrected chi connectivity index (χ1v) is 8.65. The van der Waals surface area contributed by atoms with E-state index in [2.05, 4.69) is 4.98 Å². The predicted octanol–water partition coefficient (Wildman–Crippen LogP) is 3.06. The van der Waals surface area contributed by atoms with E-state index in [4.69, 9.17) is 22.1 Å². The van der Waals surface area contributed by atoms with E-state index < -0.39 is 16.6 Å². The van der Waals surface area contributed by atoms with Crippen LogP contribution in [0.25, 0.3) is 0 Å². The van der Waals surface area contributed by atoms with Crippen LogP contribution in [0.15, 0.2) is 6.07 Å². The van der Waals surface area contributed by atoms with E-state index in [0.717, 1.165) is 0 Å². The van der Waals surface area contributed by atoms with Crippen LogP contribution in [0.5, 0.6) is 0 Å². The minimum atomic E-state index is -0.594. The number of hydrogen-bond acceptors (Lipinski definition) is 7. The number of anilines is 2. The van der Waals surface area contributed by atoms with E-state index in [0.29, 0.717) is 18.8 Å². The summed E-state index contributed by atoms with van der Waals surface area (Å²) >= 11 is 5.96. The first-order valence-electron chi connectivity index (χ1n) is 8.27. The molecule has 2 rings (SSSR count). The van der Waals surface area contributed by atoms with E-state index in [-0.39, 0.29) is 28.7 Å². The van der Waals surface area contributed by atoms with Gasteiger partial charge in [-0.15, -0.1) is 0 Å². The zero-order valence-corrected chi connectivity index (χ0v) is 16.3. The van der Waals surface area contributed by atoms with Crippen molar-refractivity contribution in [2.75, 3.05) is 23.7 Å². The highest BCUT2D eigenvalue weighted by atomic mass is 35.5. The van der Waals surface area contributed by atoms with Gasteiger partial charge in [-0.25, -0.2) is 9.78 Å². The van der Waals surface area contributed by atoms with Gasteiger partial charge < -0.3 is 20.3 Å². The molecule has 1 aliphatic rings. The van der Waals surface area contributed by atoms with Crippen LogP contribution in [0.2, 0.25) is 5.15 Å². The second-order valence-electron chi connectivity index (χ2n) is 7.44. The standard InChI is InChI=1S/C16H24ClN5O4/c1-9-8-21(15(23)26-16(3,4)5)10(2)7-20(9)11-6-12(17)19-14(18)13(11)22(24)25/h6,9-10H,7-8H2,1-5H3,(H2,18,19)/t9-,10+/m0/s1. The zero-order chi connectivity index (χ0) is 19.8. The molecule has 0 bridgehead atoms. The third-order valence-electron chi connectivity index (χ3n) is 4.07. The van der Waals surface area contributed by atoms with Crippen molar-refractivity contribution >= 4 is 34.9 Å². The van der Waals surface area contributed by atoms with Crippen LogP contribution in [0.3, 0.4) is 0 Å². The molecular weight excluding hydrogens is 362 g/mol. The number of carbonyl (C=O) groups excluding carboxylic acids is 1. The van der Waals surface area contributed by atoms with E-state index in [1.54, 1.807) is 25.7 Å². The van der Waals surface area contributed by atoms with E-state index in [9.17, 15) is 14.9 Å². The summed E-state index contributed by atoms with van der Waals surface area (Å²) in [6, 6.07) is 1.02. The molecule has 0 aliphatic carbocycles. The molecule has 0 saturated carbocycles. The molecule has 2 heterocycles. The van der Waals surface area contributed by atoms with Crippen LogP contribution < -0.4 is 10.6 Å². The van der Waals surface area contributed by atoms with Gasteiger partial charge >= 0.3 is 11.8 Å². The molecule has 1 fully saturated rings. The highest BCUT2D eigenvalue weighted by Crippen LogP contribution is 2.37. The molecule has 10 heteroatoms. The monoisotopic (exact) mass is 385 g/mol. The van der Waals surface area contributed by atoms with Gasteiger partial charge in [0, 0.05) is 31.2 Å². The van der Waals surface area contributed by atoms with Crippen molar-refractivity contribution < 1.29 is 14.5 Å². The van der Waals surface area contributed by atoms with Crippen molar-refractivity contribution in [2.24, 2.45) is 0 Å². The molecule has 0 spiro atoms. The number of ether oxygens (including phenoxy) is 1. The number of pyridine rings is 1. The van der Waals surface area contributed by atoms with Crippen LogP contribution in [-0.4, -0.2) is 51.7 Å². The first-order chi connectivity index (χ1) is 11.9. The van der Waals surface area contributed by atoms with Gasteiger partial charge in [-0.3, -0.25) is 10.1 Å². The lowest BCUT2D eigenvalue weighted by Gasteiger charge is -2.45. The lowest BCUT2D eigenvalue weighted by Crippen LogP contribution is -2.59. The summed E-state index contributed by atoms with van der Waals surface area (Å²) in [6.07, 6.45) is -0.404. The van der Waals surface area contributed by atoms with E-state index in [1.165, 1.54) is 6.07 Å². The zero-order valence-electron chi connectivity index (χ0n) is 15.5. The Bertz CT molecular complexity index is 721. The molecule has 0 unspecified atom stereocenters. The number of nitrogens with zero attached hydrogens (tertiary/aromatic N) is 4. The summed E-state index contributed by atoms with van der Waals surface area (Å²) in [5.41, 5.74) is 5.14. The predicted molar refractivity (Wildman–Crippen MR) is 99.5 cm³/mol. The van der Waals surface area contributed by atoms with Gasteiger partial charge in [0.15, 0.2) is 0 Å². The molecule has 144 valence electrons. The second-order valence-corrected chi connectivity index (χ2v) is 7.83. The number of nitrogen functional groups attached to an aromatic ring is 1. The summed E-state index contributed by atoms with van der Waals surface area (Å²) in [7, 11) is 0. The molecule has 1 aromatic rings. The maximum absolute atomic E-state index is 12.4. The van der Waals surface area contributed by atoms with Gasteiger partial charge in [-0.1, -0.05) is 11.6 Å². The minimum absolute atomic E-state index is 0.0810. The fourth-order valence-corrected chi connectivity index (χ4v) is 3.15. The van der Waals surface area contributed by atoms with E-state index in [1.807, 2.05) is 18.7 Å². The van der Waals surface area contributed by atoms with Gasteiger partial charge in [-0.05, 0) is 34.6 Å². The van der Waals surface area contributed by atoms with Crippen molar-refractivity contribution in [1.29, 1.82) is 0 Å². The number of halogens is 1. The smallest absolute Gasteiger partial charge is 0.410 e. The number of hydrogen-bond donors (Lipinski definition) is 1. The van der Waals surface area contributed by atoms with Gasteiger partial charge in [0.2, 0.25) is 5.82 Å². The maximum Gasteiger partial charge on any atom is 0.410 e. The largest absolute Gasteiger partial charge is 0.444 e. The van der Waals surface area contributed by atoms with Crippen LogP contribution in [0, 0.1) is 10.1 Å². The highest BCUT2D eigenvalue weighted by Gasteiger charge is 2.37. The lowest BCUT2D eigenvalue weighted by molar-refractivity contribution is -0.383.